The molecule has 1 aromatic rings. The van der Waals surface area contributed by atoms with Crippen molar-refractivity contribution >= 4 is 5.91 Å². The molecule has 0 spiro atoms. The highest BCUT2D eigenvalue weighted by atomic mass is 19.1. The molecular formula is C18H26FN3O2. The zero-order valence-corrected chi connectivity index (χ0v) is 14.4. The Morgan fingerprint density at radius 1 is 1.50 bits per heavy atom. The van der Waals surface area contributed by atoms with Crippen LogP contribution in [0, 0.1) is 12.8 Å². The van der Waals surface area contributed by atoms with Crippen LogP contribution in [0.5, 0.6) is 0 Å². The van der Waals surface area contributed by atoms with Crippen LogP contribution >= 0.6 is 0 Å². The number of halogens is 1. The van der Waals surface area contributed by atoms with Crippen LogP contribution in [0.4, 0.5) is 4.39 Å². The van der Waals surface area contributed by atoms with Gasteiger partial charge in [-0.25, -0.2) is 4.39 Å². The maximum Gasteiger partial charge on any atom is 0.225 e. The van der Waals surface area contributed by atoms with Gasteiger partial charge in [0, 0.05) is 38.2 Å². The second-order valence-corrected chi connectivity index (χ2v) is 7.05. The Morgan fingerprint density at radius 2 is 2.33 bits per heavy atom. The number of carbonyl (C=O) groups excluding carboxylic acids is 1. The Hall–Kier alpha value is -1.69. The van der Waals surface area contributed by atoms with E-state index in [2.05, 4.69) is 22.2 Å². The topological polar surface area (TPSA) is 49.6 Å². The predicted molar refractivity (Wildman–Crippen MR) is 89.1 cm³/mol. The quantitative estimate of drug-likeness (QED) is 0.777. The molecule has 0 unspecified atom stereocenters. The van der Waals surface area contributed by atoms with E-state index in [0.717, 1.165) is 30.7 Å². The van der Waals surface area contributed by atoms with E-state index in [1.165, 1.54) is 0 Å². The monoisotopic (exact) mass is 335 g/mol. The Balaban J connectivity index is 1.59. The van der Waals surface area contributed by atoms with E-state index in [0.29, 0.717) is 26.1 Å². The molecule has 3 atom stereocenters. The number of hydrogen-bond acceptors (Lipinski definition) is 4. The van der Waals surface area contributed by atoms with E-state index in [1.807, 2.05) is 20.0 Å². The molecule has 1 fully saturated rings. The number of aryl methyl sites for hydroxylation is 1. The summed E-state index contributed by atoms with van der Waals surface area (Å²) in [6.45, 7) is 3.36. The third-order valence-electron chi connectivity index (χ3n) is 4.99. The fraction of sp³-hybridized carbons (Fsp3) is 0.667. The molecule has 1 aliphatic heterocycles. The zero-order chi connectivity index (χ0) is 17.1. The molecule has 0 N–H and O–H groups in total. The molecule has 132 valence electrons. The number of nitrogens with zero attached hydrogens (tertiary/aromatic N) is 3. The highest BCUT2D eigenvalue weighted by Gasteiger charge is 2.35. The summed E-state index contributed by atoms with van der Waals surface area (Å²) in [6, 6.07) is 1.91. The van der Waals surface area contributed by atoms with Crippen LogP contribution in [0.15, 0.2) is 22.7 Å². The van der Waals surface area contributed by atoms with Gasteiger partial charge in [0.1, 0.15) is 6.17 Å². The number of likely N-dealkylation sites (N-methyl/N-ethyl adjacent to an activating group) is 1. The molecule has 24 heavy (non-hydrogen) atoms. The third-order valence-corrected chi connectivity index (χ3v) is 4.99. The lowest BCUT2D eigenvalue weighted by molar-refractivity contribution is -0.135. The summed E-state index contributed by atoms with van der Waals surface area (Å²) in [5, 5.41) is 3.89. The third kappa shape index (κ3) is 4.04. The Morgan fingerprint density at radius 3 is 3.00 bits per heavy atom. The van der Waals surface area contributed by atoms with E-state index in [-0.39, 0.29) is 17.9 Å². The Kier molecular flexibility index (Phi) is 5.33. The standard InChI is InChI=1S/C18H26FN3O2/c1-13-8-17(24-20-13)12-22-10-15(19)9-16(22)11-21(2)18(23)14-6-4-3-5-7-14/h3-4,8,14-16H,5-7,9-12H2,1-2H3/t14-,15+,16+/m1/s1. The second-order valence-electron chi connectivity index (χ2n) is 7.05. The molecule has 0 saturated carbocycles. The number of amides is 1. The Bertz CT molecular complexity index is 601. The summed E-state index contributed by atoms with van der Waals surface area (Å²) in [4.78, 5) is 16.4. The van der Waals surface area contributed by atoms with Crippen molar-refractivity contribution in [2.75, 3.05) is 20.1 Å². The summed E-state index contributed by atoms with van der Waals surface area (Å²) in [5.74, 6) is 1.00. The number of allylic oxidation sites excluding steroid dienone is 2. The van der Waals surface area contributed by atoms with Crippen molar-refractivity contribution in [2.24, 2.45) is 5.92 Å². The van der Waals surface area contributed by atoms with Crippen LogP contribution in [0.3, 0.4) is 0 Å². The minimum absolute atomic E-state index is 0.0264. The number of aromatic nitrogens is 1. The molecule has 2 aliphatic rings. The fourth-order valence-corrected chi connectivity index (χ4v) is 3.73. The van der Waals surface area contributed by atoms with Crippen molar-refractivity contribution in [2.45, 2.75) is 51.4 Å². The first-order chi connectivity index (χ1) is 11.5. The molecular weight excluding hydrogens is 309 g/mol. The summed E-state index contributed by atoms with van der Waals surface area (Å²) in [6.07, 6.45) is 6.55. The van der Waals surface area contributed by atoms with Crippen molar-refractivity contribution in [3.8, 4) is 0 Å². The summed E-state index contributed by atoms with van der Waals surface area (Å²) in [7, 11) is 1.84. The van der Waals surface area contributed by atoms with Crippen molar-refractivity contribution < 1.29 is 13.7 Å². The van der Waals surface area contributed by atoms with Gasteiger partial charge in [0.05, 0.1) is 12.2 Å². The van der Waals surface area contributed by atoms with Crippen LogP contribution in [0.1, 0.15) is 37.1 Å². The normalized spacial score (nSPS) is 27.5. The minimum atomic E-state index is -0.847. The molecule has 3 rings (SSSR count). The molecule has 1 aliphatic carbocycles. The predicted octanol–water partition coefficient (Wildman–Crippen LogP) is 2.71. The maximum atomic E-state index is 13.9. The number of hydrogen-bond donors (Lipinski definition) is 0. The first-order valence-electron chi connectivity index (χ1n) is 8.73. The van der Waals surface area contributed by atoms with Gasteiger partial charge < -0.3 is 9.42 Å². The number of likely N-dealkylation sites (tertiary alicyclic amines) is 1. The van der Waals surface area contributed by atoms with E-state index in [4.69, 9.17) is 4.52 Å². The molecule has 1 amide bonds. The van der Waals surface area contributed by atoms with Gasteiger partial charge in [-0.3, -0.25) is 9.69 Å². The van der Waals surface area contributed by atoms with Crippen LogP contribution in [0.2, 0.25) is 0 Å². The van der Waals surface area contributed by atoms with Gasteiger partial charge in [0.2, 0.25) is 5.91 Å². The lowest BCUT2D eigenvalue weighted by atomic mass is 9.93. The van der Waals surface area contributed by atoms with Crippen LogP contribution < -0.4 is 0 Å². The van der Waals surface area contributed by atoms with Gasteiger partial charge in [-0.15, -0.1) is 0 Å². The van der Waals surface area contributed by atoms with Gasteiger partial charge in [-0.2, -0.15) is 0 Å². The van der Waals surface area contributed by atoms with Gasteiger partial charge >= 0.3 is 0 Å². The number of rotatable bonds is 5. The summed E-state index contributed by atoms with van der Waals surface area (Å²) in [5.41, 5.74) is 0.829. The van der Waals surface area contributed by atoms with Crippen LogP contribution in [-0.2, 0) is 11.3 Å². The van der Waals surface area contributed by atoms with Gasteiger partial charge in [-0.1, -0.05) is 17.3 Å². The Labute approximate surface area is 142 Å². The molecule has 6 heteroatoms. The zero-order valence-electron chi connectivity index (χ0n) is 14.4. The number of alkyl halides is 1. The highest BCUT2D eigenvalue weighted by Crippen LogP contribution is 2.25. The molecule has 1 aromatic heterocycles. The van der Waals surface area contributed by atoms with Crippen molar-refractivity contribution in [3.63, 3.8) is 0 Å². The van der Waals surface area contributed by atoms with Gasteiger partial charge in [-0.05, 0) is 32.6 Å². The van der Waals surface area contributed by atoms with Gasteiger partial charge in [0.25, 0.3) is 0 Å². The minimum Gasteiger partial charge on any atom is -0.360 e. The second kappa shape index (κ2) is 7.47. The lowest BCUT2D eigenvalue weighted by Crippen LogP contribution is -2.43. The molecule has 0 aromatic carbocycles. The van der Waals surface area contributed by atoms with Crippen LogP contribution in [-0.4, -0.2) is 53.2 Å². The van der Waals surface area contributed by atoms with Crippen LogP contribution in [0.25, 0.3) is 0 Å². The average molecular weight is 335 g/mol. The molecule has 1 saturated heterocycles. The molecule has 5 nitrogen and oxygen atoms in total. The van der Waals surface area contributed by atoms with Crippen molar-refractivity contribution in [3.05, 3.63) is 29.7 Å². The molecule has 2 heterocycles. The lowest BCUT2D eigenvalue weighted by Gasteiger charge is -2.30. The average Bonchev–Trinajstić information content (AvgIpc) is 3.13. The maximum absolute atomic E-state index is 13.9. The molecule has 0 bridgehead atoms. The van der Waals surface area contributed by atoms with E-state index >= 15 is 0 Å². The van der Waals surface area contributed by atoms with Gasteiger partial charge in [0.15, 0.2) is 5.76 Å². The first-order valence-corrected chi connectivity index (χ1v) is 8.73. The SMILES string of the molecule is Cc1cc(CN2C[C@@H](F)C[C@H]2CN(C)C(=O)[C@@H]2CC=CCC2)on1. The highest BCUT2D eigenvalue weighted by molar-refractivity contribution is 5.79. The summed E-state index contributed by atoms with van der Waals surface area (Å²) < 4.78 is 19.2. The summed E-state index contributed by atoms with van der Waals surface area (Å²) >= 11 is 0. The number of carbonyl (C=O) groups is 1. The fourth-order valence-electron chi connectivity index (χ4n) is 3.73. The van der Waals surface area contributed by atoms with Crippen molar-refractivity contribution in [1.29, 1.82) is 0 Å². The van der Waals surface area contributed by atoms with E-state index in [9.17, 15) is 9.18 Å². The van der Waals surface area contributed by atoms with Crippen molar-refractivity contribution in [1.82, 2.24) is 15.0 Å². The largest absolute Gasteiger partial charge is 0.360 e. The van der Waals surface area contributed by atoms with E-state index in [1.54, 1.807) is 4.90 Å². The van der Waals surface area contributed by atoms with E-state index < -0.39 is 6.17 Å². The molecule has 0 radical (unpaired) electrons. The smallest absolute Gasteiger partial charge is 0.225 e. The first kappa shape index (κ1) is 17.1.